The smallest absolute Gasteiger partial charge is 0.199 e. The first kappa shape index (κ1) is 19.0. The summed E-state index contributed by atoms with van der Waals surface area (Å²) in [5, 5.41) is 9.47. The van der Waals surface area contributed by atoms with Gasteiger partial charge in [-0.15, -0.1) is 0 Å². The van der Waals surface area contributed by atoms with Crippen LogP contribution in [0.2, 0.25) is 5.02 Å². The predicted molar refractivity (Wildman–Crippen MR) is 117 cm³/mol. The molecule has 2 aliphatic rings. The van der Waals surface area contributed by atoms with Gasteiger partial charge < -0.3 is 0 Å². The molecule has 3 aromatic rings. The fourth-order valence-electron chi connectivity index (χ4n) is 4.42. The second-order valence-corrected chi connectivity index (χ2v) is 8.88. The molecule has 1 aromatic carbocycles. The van der Waals surface area contributed by atoms with Crippen LogP contribution >= 0.6 is 23.8 Å². The van der Waals surface area contributed by atoms with E-state index >= 15 is 0 Å². The average molecular weight is 426 g/mol. The second kappa shape index (κ2) is 7.67. The number of hydrogen-bond acceptors (Lipinski definition) is 4. The largest absolute Gasteiger partial charge is 0.297 e. The van der Waals surface area contributed by atoms with E-state index in [1.165, 1.54) is 18.4 Å². The van der Waals surface area contributed by atoms with Crippen LogP contribution < -0.4 is 5.32 Å². The van der Waals surface area contributed by atoms with Gasteiger partial charge in [0, 0.05) is 34.6 Å². The third-order valence-electron chi connectivity index (χ3n) is 6.12. The minimum absolute atomic E-state index is 0.0445. The van der Waals surface area contributed by atoms with Crippen LogP contribution in [0.4, 0.5) is 0 Å². The maximum Gasteiger partial charge on any atom is 0.199 e. The average Bonchev–Trinajstić information content (AvgIpc) is 3.37. The minimum Gasteiger partial charge on any atom is -0.297 e. The Bertz CT molecular complexity index is 1050. The van der Waals surface area contributed by atoms with Gasteiger partial charge in [0.15, 0.2) is 10.6 Å². The highest BCUT2D eigenvalue weighted by Crippen LogP contribution is 2.40. The number of benzene rings is 1. The molecular formula is C22H24ClN5S. The van der Waals surface area contributed by atoms with Gasteiger partial charge in [-0.05, 0) is 67.7 Å². The molecule has 2 saturated carbocycles. The van der Waals surface area contributed by atoms with Crippen molar-refractivity contribution in [3.63, 3.8) is 0 Å². The predicted octanol–water partition coefficient (Wildman–Crippen LogP) is 5.48. The molecule has 2 aliphatic carbocycles. The van der Waals surface area contributed by atoms with Crippen molar-refractivity contribution in [1.82, 2.24) is 24.6 Å². The monoisotopic (exact) mass is 425 g/mol. The summed E-state index contributed by atoms with van der Waals surface area (Å²) in [6.45, 7) is 0.592. The van der Waals surface area contributed by atoms with E-state index in [1.807, 2.05) is 35.1 Å². The molecule has 0 radical (unpaired) electrons. The molecule has 0 spiro atoms. The van der Waals surface area contributed by atoms with Crippen molar-refractivity contribution >= 4 is 23.8 Å². The van der Waals surface area contributed by atoms with E-state index in [9.17, 15) is 0 Å². The lowest BCUT2D eigenvalue weighted by molar-refractivity contribution is 0.297. The number of hydrogen-bond donors (Lipinski definition) is 1. The van der Waals surface area contributed by atoms with Crippen molar-refractivity contribution in [2.24, 2.45) is 0 Å². The Kier molecular flexibility index (Phi) is 5.02. The topological polar surface area (TPSA) is 47.7 Å². The highest BCUT2D eigenvalue weighted by atomic mass is 35.5. The minimum atomic E-state index is -0.0445. The Morgan fingerprint density at radius 2 is 1.90 bits per heavy atom. The lowest BCUT2D eigenvalue weighted by Gasteiger charge is -2.31. The SMILES string of the molecule is S=c1n(CNC2(c3ccc(Cl)cc3)CCCC2)nc(-c2cccnc2)n1C1CC1. The lowest BCUT2D eigenvalue weighted by Crippen LogP contribution is -2.41. The molecule has 0 atom stereocenters. The summed E-state index contributed by atoms with van der Waals surface area (Å²) in [7, 11) is 0. The molecular weight excluding hydrogens is 402 g/mol. The first-order valence-corrected chi connectivity index (χ1v) is 11.1. The zero-order valence-corrected chi connectivity index (χ0v) is 17.8. The van der Waals surface area contributed by atoms with Crippen LogP contribution in [0, 0.1) is 4.77 Å². The molecule has 2 heterocycles. The van der Waals surface area contributed by atoms with Crippen LogP contribution in [0.5, 0.6) is 0 Å². The van der Waals surface area contributed by atoms with Crippen LogP contribution in [0.25, 0.3) is 11.4 Å². The summed E-state index contributed by atoms with van der Waals surface area (Å²) in [4.78, 5) is 4.26. The number of nitrogens with one attached hydrogen (secondary N) is 1. The molecule has 0 saturated heterocycles. The number of aromatic nitrogens is 4. The van der Waals surface area contributed by atoms with Gasteiger partial charge in [-0.1, -0.05) is 36.6 Å². The van der Waals surface area contributed by atoms with E-state index in [-0.39, 0.29) is 5.54 Å². The van der Waals surface area contributed by atoms with Gasteiger partial charge in [-0.2, -0.15) is 5.10 Å². The Hall–Kier alpha value is -2.02. The van der Waals surface area contributed by atoms with Gasteiger partial charge in [-0.25, -0.2) is 4.68 Å². The molecule has 5 rings (SSSR count). The van der Waals surface area contributed by atoms with Crippen LogP contribution in [-0.2, 0) is 12.2 Å². The van der Waals surface area contributed by atoms with Crippen LogP contribution in [-0.4, -0.2) is 19.3 Å². The fraction of sp³-hybridized carbons (Fsp3) is 0.409. The summed E-state index contributed by atoms with van der Waals surface area (Å²) in [5.74, 6) is 0.916. The van der Waals surface area contributed by atoms with Gasteiger partial charge in [0.2, 0.25) is 0 Å². The van der Waals surface area contributed by atoms with E-state index in [2.05, 4.69) is 27.0 Å². The summed E-state index contributed by atoms with van der Waals surface area (Å²) >= 11 is 11.9. The van der Waals surface area contributed by atoms with Crippen molar-refractivity contribution in [3.05, 3.63) is 64.1 Å². The van der Waals surface area contributed by atoms with Crippen molar-refractivity contribution in [2.75, 3.05) is 0 Å². The Balaban J connectivity index is 1.46. The third kappa shape index (κ3) is 3.65. The normalized spacial score (nSPS) is 18.2. The molecule has 0 bridgehead atoms. The lowest BCUT2D eigenvalue weighted by atomic mass is 9.88. The highest BCUT2D eigenvalue weighted by molar-refractivity contribution is 7.71. The van der Waals surface area contributed by atoms with Crippen molar-refractivity contribution in [3.8, 4) is 11.4 Å². The van der Waals surface area contributed by atoms with E-state index in [4.69, 9.17) is 28.9 Å². The molecule has 0 amide bonds. The summed E-state index contributed by atoms with van der Waals surface area (Å²) in [6.07, 6.45) is 10.6. The van der Waals surface area contributed by atoms with Crippen LogP contribution in [0.15, 0.2) is 48.8 Å². The number of halogens is 1. The highest BCUT2D eigenvalue weighted by Gasteiger charge is 2.36. The first-order valence-electron chi connectivity index (χ1n) is 10.3. The molecule has 0 unspecified atom stereocenters. The van der Waals surface area contributed by atoms with Gasteiger partial charge >= 0.3 is 0 Å². The molecule has 2 aromatic heterocycles. The molecule has 29 heavy (non-hydrogen) atoms. The first-order chi connectivity index (χ1) is 14.2. The van der Waals surface area contributed by atoms with Gasteiger partial charge in [0.1, 0.15) is 0 Å². The summed E-state index contributed by atoms with van der Waals surface area (Å²) in [5.41, 5.74) is 2.26. The van der Waals surface area contributed by atoms with Crippen LogP contribution in [0.1, 0.15) is 50.1 Å². The molecule has 2 fully saturated rings. The van der Waals surface area contributed by atoms with Crippen molar-refractivity contribution in [1.29, 1.82) is 0 Å². The van der Waals surface area contributed by atoms with E-state index in [0.717, 1.165) is 46.9 Å². The van der Waals surface area contributed by atoms with Crippen molar-refractivity contribution in [2.45, 2.75) is 56.8 Å². The quantitative estimate of drug-likeness (QED) is 0.531. The molecule has 1 N–H and O–H groups in total. The summed E-state index contributed by atoms with van der Waals surface area (Å²) in [6, 6.07) is 12.7. The standard InChI is InChI=1S/C22H24ClN5S/c23-18-7-5-17(6-8-18)22(11-1-2-12-22)25-15-27-21(29)28(19-9-10-19)20(26-27)16-4-3-13-24-14-16/h3-8,13-14,19,25H,1-2,9-12,15H2. The van der Waals surface area contributed by atoms with Gasteiger partial charge in [-0.3, -0.25) is 14.9 Å². The Morgan fingerprint density at radius 3 is 2.55 bits per heavy atom. The van der Waals surface area contributed by atoms with Gasteiger partial charge in [0.05, 0.1) is 6.67 Å². The Morgan fingerprint density at radius 1 is 1.14 bits per heavy atom. The number of nitrogens with zero attached hydrogens (tertiary/aromatic N) is 4. The third-order valence-corrected chi connectivity index (χ3v) is 6.78. The maximum absolute atomic E-state index is 6.12. The molecule has 150 valence electrons. The van der Waals surface area contributed by atoms with E-state index in [1.54, 1.807) is 6.20 Å². The summed E-state index contributed by atoms with van der Waals surface area (Å²) < 4.78 is 4.92. The number of rotatable bonds is 6. The van der Waals surface area contributed by atoms with Crippen LogP contribution in [0.3, 0.4) is 0 Å². The zero-order valence-electron chi connectivity index (χ0n) is 16.2. The maximum atomic E-state index is 6.12. The van der Waals surface area contributed by atoms with Gasteiger partial charge in [0.25, 0.3) is 0 Å². The fourth-order valence-corrected chi connectivity index (χ4v) is 4.89. The van der Waals surface area contributed by atoms with Crippen molar-refractivity contribution < 1.29 is 0 Å². The zero-order chi connectivity index (χ0) is 19.8. The molecule has 7 heteroatoms. The van der Waals surface area contributed by atoms with E-state index < -0.39 is 0 Å². The number of pyridine rings is 1. The van der Waals surface area contributed by atoms with E-state index in [0.29, 0.717) is 12.7 Å². The second-order valence-electron chi connectivity index (χ2n) is 8.08. The molecule has 5 nitrogen and oxygen atoms in total. The molecule has 0 aliphatic heterocycles. The Labute approximate surface area is 180 Å².